The fourth-order valence-electron chi connectivity index (χ4n) is 5.10. The highest BCUT2D eigenvalue weighted by molar-refractivity contribution is 6.39. The van der Waals surface area contributed by atoms with Gasteiger partial charge in [0.15, 0.2) is 0 Å². The Bertz CT molecular complexity index is 1820. The summed E-state index contributed by atoms with van der Waals surface area (Å²) in [6.07, 6.45) is 0.0126. The van der Waals surface area contributed by atoms with Gasteiger partial charge in [0, 0.05) is 18.9 Å². The molecular formula is C31H24Cl2N2O4. The monoisotopic (exact) mass is 558 g/mol. The third-order valence-electron chi connectivity index (χ3n) is 7.06. The predicted molar refractivity (Wildman–Crippen MR) is 156 cm³/mol. The van der Waals surface area contributed by atoms with Crippen molar-refractivity contribution in [2.45, 2.75) is 19.4 Å². The summed E-state index contributed by atoms with van der Waals surface area (Å²) in [4.78, 5) is 38.6. The molecular weight excluding hydrogens is 535 g/mol. The van der Waals surface area contributed by atoms with E-state index in [2.05, 4.69) is 5.32 Å². The zero-order chi connectivity index (χ0) is 27.8. The van der Waals surface area contributed by atoms with Gasteiger partial charge < -0.3 is 15.0 Å². The maximum absolute atomic E-state index is 13.5. The molecule has 39 heavy (non-hydrogen) atoms. The number of hydrogen-bond acceptors (Lipinski definition) is 3. The minimum Gasteiger partial charge on any atom is -0.480 e. The van der Waals surface area contributed by atoms with Crippen LogP contribution in [0.3, 0.4) is 0 Å². The van der Waals surface area contributed by atoms with Gasteiger partial charge in [-0.3, -0.25) is 9.59 Å². The number of nitrogens with one attached hydrogen (secondary N) is 1. The van der Waals surface area contributed by atoms with Crippen molar-refractivity contribution in [3.05, 3.63) is 116 Å². The van der Waals surface area contributed by atoms with Crippen LogP contribution in [0.15, 0.2) is 83.7 Å². The van der Waals surface area contributed by atoms with E-state index < -0.39 is 17.9 Å². The summed E-state index contributed by atoms with van der Waals surface area (Å²) in [5, 5.41) is 15.4. The van der Waals surface area contributed by atoms with Crippen LogP contribution in [0.1, 0.15) is 21.5 Å². The number of hydrogen-bond donors (Lipinski definition) is 2. The molecule has 0 aliphatic carbocycles. The topological polar surface area (TPSA) is 88.4 Å². The minimum absolute atomic E-state index is 0.0126. The number of aromatic nitrogens is 1. The lowest BCUT2D eigenvalue weighted by Gasteiger charge is -2.19. The van der Waals surface area contributed by atoms with E-state index in [1.807, 2.05) is 67.6 Å². The molecule has 1 amide bonds. The van der Waals surface area contributed by atoms with Crippen molar-refractivity contribution in [3.63, 3.8) is 0 Å². The van der Waals surface area contributed by atoms with E-state index in [-0.39, 0.29) is 27.6 Å². The molecule has 1 heterocycles. The molecule has 196 valence electrons. The summed E-state index contributed by atoms with van der Waals surface area (Å²) in [7, 11) is 1.76. The average molecular weight is 559 g/mol. The summed E-state index contributed by atoms with van der Waals surface area (Å²) in [6, 6.07) is 22.4. The number of carboxylic acids is 1. The number of carbonyl (C=O) groups excluding carboxylic acids is 1. The smallest absolute Gasteiger partial charge is 0.326 e. The molecule has 8 heteroatoms. The van der Waals surface area contributed by atoms with E-state index in [4.69, 9.17) is 23.2 Å². The molecule has 0 unspecified atom stereocenters. The zero-order valence-corrected chi connectivity index (χ0v) is 22.7. The van der Waals surface area contributed by atoms with Crippen molar-refractivity contribution in [1.82, 2.24) is 9.88 Å². The van der Waals surface area contributed by atoms with Crippen LogP contribution in [0, 0.1) is 6.92 Å². The van der Waals surface area contributed by atoms with Gasteiger partial charge in [0.1, 0.15) is 6.04 Å². The second kappa shape index (κ2) is 10.6. The van der Waals surface area contributed by atoms with Crippen molar-refractivity contribution in [2.75, 3.05) is 0 Å². The van der Waals surface area contributed by atoms with Crippen LogP contribution < -0.4 is 10.9 Å². The predicted octanol–water partition coefficient (Wildman–Crippen LogP) is 6.40. The Hall–Kier alpha value is -4.13. The van der Waals surface area contributed by atoms with Crippen molar-refractivity contribution in [3.8, 4) is 11.1 Å². The molecule has 0 spiro atoms. The number of carboxylic acid groups (broad SMARTS) is 1. The quantitative estimate of drug-likeness (QED) is 0.252. The lowest BCUT2D eigenvalue weighted by atomic mass is 9.90. The summed E-state index contributed by atoms with van der Waals surface area (Å²) < 4.78 is 1.65. The Kier molecular flexibility index (Phi) is 7.17. The van der Waals surface area contributed by atoms with E-state index in [1.54, 1.807) is 17.7 Å². The van der Waals surface area contributed by atoms with E-state index in [0.717, 1.165) is 32.8 Å². The van der Waals surface area contributed by atoms with Gasteiger partial charge in [0.05, 0.1) is 26.7 Å². The minimum atomic E-state index is -1.24. The molecule has 0 fully saturated rings. The molecule has 0 radical (unpaired) electrons. The second-order valence-corrected chi connectivity index (χ2v) is 10.2. The molecule has 4 aromatic carbocycles. The van der Waals surface area contributed by atoms with Crippen molar-refractivity contribution in [1.29, 1.82) is 0 Å². The molecule has 0 bridgehead atoms. The number of rotatable bonds is 6. The molecule has 0 saturated carbocycles. The second-order valence-electron chi connectivity index (χ2n) is 9.36. The molecule has 5 aromatic rings. The summed E-state index contributed by atoms with van der Waals surface area (Å²) in [5.74, 6) is -1.87. The SMILES string of the molecule is Cc1c(-c2ccc(C[C@H](NC(=O)c3c(Cl)cccc3Cl)C(=O)O)c3ccccc23)c(=O)n(C)c2ccccc12. The van der Waals surface area contributed by atoms with E-state index >= 15 is 0 Å². The Labute approximate surface area is 234 Å². The molecule has 0 saturated heterocycles. The van der Waals surface area contributed by atoms with Crippen molar-refractivity contribution >= 4 is 56.8 Å². The molecule has 0 aliphatic heterocycles. The van der Waals surface area contributed by atoms with Crippen LogP contribution in [0.2, 0.25) is 10.0 Å². The third kappa shape index (κ3) is 4.78. The van der Waals surface area contributed by atoms with Gasteiger partial charge in [-0.1, -0.05) is 83.9 Å². The number of halogens is 2. The van der Waals surface area contributed by atoms with Crippen LogP contribution >= 0.6 is 23.2 Å². The maximum Gasteiger partial charge on any atom is 0.326 e. The van der Waals surface area contributed by atoms with Gasteiger partial charge in [0.2, 0.25) is 0 Å². The number of pyridine rings is 1. The molecule has 2 N–H and O–H groups in total. The molecule has 1 aromatic heterocycles. The van der Waals surface area contributed by atoms with Crippen LogP contribution in [-0.4, -0.2) is 27.6 Å². The number of nitrogens with zero attached hydrogens (tertiary/aromatic N) is 1. The highest BCUT2D eigenvalue weighted by atomic mass is 35.5. The summed E-state index contributed by atoms with van der Waals surface area (Å²) in [6.45, 7) is 1.94. The molecule has 6 nitrogen and oxygen atoms in total. The number of aryl methyl sites for hydroxylation is 2. The van der Waals surface area contributed by atoms with Crippen LogP contribution in [0.5, 0.6) is 0 Å². The summed E-state index contributed by atoms with van der Waals surface area (Å²) in [5.41, 5.74) is 3.70. The Morgan fingerprint density at radius 2 is 1.49 bits per heavy atom. The standard InChI is InChI=1S/C31H24Cl2N2O4/c1-17-19-8-5-6-13-26(19)35(2)30(37)27(17)22-15-14-18(20-9-3-4-10-21(20)22)16-25(31(38)39)34-29(36)28-23(32)11-7-12-24(28)33/h3-15,25H,16H2,1-2H3,(H,34,36)(H,38,39)/t25-/m0/s1. The number of amides is 1. The van der Waals surface area contributed by atoms with Crippen LogP contribution in [0.25, 0.3) is 32.8 Å². The van der Waals surface area contributed by atoms with Crippen molar-refractivity contribution in [2.24, 2.45) is 7.05 Å². The number of benzene rings is 4. The van der Waals surface area contributed by atoms with Crippen LogP contribution in [-0.2, 0) is 18.3 Å². The lowest BCUT2D eigenvalue weighted by Crippen LogP contribution is -2.42. The first-order valence-electron chi connectivity index (χ1n) is 12.3. The number of carbonyl (C=O) groups is 2. The fourth-order valence-corrected chi connectivity index (χ4v) is 5.66. The van der Waals surface area contributed by atoms with Gasteiger partial charge in [0.25, 0.3) is 11.5 Å². The van der Waals surface area contributed by atoms with Gasteiger partial charge in [-0.15, -0.1) is 0 Å². The van der Waals surface area contributed by atoms with E-state index in [9.17, 15) is 19.5 Å². The van der Waals surface area contributed by atoms with Crippen molar-refractivity contribution < 1.29 is 14.7 Å². The third-order valence-corrected chi connectivity index (χ3v) is 7.69. The van der Waals surface area contributed by atoms with Crippen LogP contribution in [0.4, 0.5) is 0 Å². The highest BCUT2D eigenvalue weighted by Crippen LogP contribution is 2.34. The lowest BCUT2D eigenvalue weighted by molar-refractivity contribution is -0.139. The van der Waals surface area contributed by atoms with Gasteiger partial charge in [-0.25, -0.2) is 4.79 Å². The van der Waals surface area contributed by atoms with E-state index in [1.165, 1.54) is 12.1 Å². The average Bonchev–Trinajstić information content (AvgIpc) is 2.92. The molecule has 1 atom stereocenters. The number of para-hydroxylation sites is 1. The first-order valence-corrected chi connectivity index (χ1v) is 13.0. The normalized spacial score (nSPS) is 12.0. The van der Waals surface area contributed by atoms with E-state index in [0.29, 0.717) is 11.1 Å². The Balaban J connectivity index is 1.59. The fraction of sp³-hybridized carbons (Fsp3) is 0.129. The maximum atomic E-state index is 13.5. The van der Waals surface area contributed by atoms with Gasteiger partial charge in [-0.05, 0) is 52.6 Å². The Morgan fingerprint density at radius 1 is 0.872 bits per heavy atom. The first kappa shape index (κ1) is 26.5. The first-order chi connectivity index (χ1) is 18.7. The zero-order valence-electron chi connectivity index (χ0n) is 21.2. The Morgan fingerprint density at radius 3 is 2.15 bits per heavy atom. The largest absolute Gasteiger partial charge is 0.480 e. The highest BCUT2D eigenvalue weighted by Gasteiger charge is 2.25. The molecule has 0 aliphatic rings. The van der Waals surface area contributed by atoms with Gasteiger partial charge >= 0.3 is 5.97 Å². The number of fused-ring (bicyclic) bond motifs is 2. The van der Waals surface area contributed by atoms with Gasteiger partial charge in [-0.2, -0.15) is 0 Å². The molecule has 5 rings (SSSR count). The summed E-state index contributed by atoms with van der Waals surface area (Å²) >= 11 is 12.3. The number of aliphatic carboxylic acids is 1.